The molecule has 3 aromatic rings. The van der Waals surface area contributed by atoms with Crippen molar-refractivity contribution in [1.82, 2.24) is 19.9 Å². The lowest BCUT2D eigenvalue weighted by Gasteiger charge is -2.13. The van der Waals surface area contributed by atoms with Crippen molar-refractivity contribution in [3.63, 3.8) is 0 Å². The van der Waals surface area contributed by atoms with Crippen LogP contribution in [-0.4, -0.2) is 34.2 Å². The summed E-state index contributed by atoms with van der Waals surface area (Å²) in [5, 5.41) is 7.70. The Morgan fingerprint density at radius 2 is 1.86 bits per heavy atom. The molecule has 0 unspecified atom stereocenters. The molecule has 6 heteroatoms. The normalized spacial score (nSPS) is 11.8. The van der Waals surface area contributed by atoms with Gasteiger partial charge in [0, 0.05) is 23.6 Å². The van der Waals surface area contributed by atoms with Crippen molar-refractivity contribution in [2.24, 2.45) is 5.92 Å². The molecule has 1 amide bonds. The largest absolute Gasteiger partial charge is 0.497 e. The van der Waals surface area contributed by atoms with Crippen LogP contribution in [0.2, 0.25) is 0 Å². The zero-order valence-corrected chi connectivity index (χ0v) is 18.1. The van der Waals surface area contributed by atoms with Crippen LogP contribution in [0.4, 0.5) is 0 Å². The smallest absolute Gasteiger partial charge is 0.270 e. The summed E-state index contributed by atoms with van der Waals surface area (Å²) < 4.78 is 6.89. The zero-order chi connectivity index (χ0) is 21.2. The van der Waals surface area contributed by atoms with Gasteiger partial charge in [0.25, 0.3) is 5.91 Å². The van der Waals surface area contributed by atoms with Gasteiger partial charge in [-0.15, -0.1) is 0 Å². The van der Waals surface area contributed by atoms with Crippen LogP contribution in [0.1, 0.15) is 57.2 Å². The molecule has 6 nitrogen and oxygen atoms in total. The van der Waals surface area contributed by atoms with Crippen molar-refractivity contribution in [3.8, 4) is 17.0 Å². The number of amides is 1. The third-order valence-corrected chi connectivity index (χ3v) is 4.82. The van der Waals surface area contributed by atoms with Gasteiger partial charge < -0.3 is 10.1 Å². The van der Waals surface area contributed by atoms with Crippen LogP contribution in [0.3, 0.4) is 0 Å². The van der Waals surface area contributed by atoms with E-state index in [2.05, 4.69) is 45.0 Å². The van der Waals surface area contributed by atoms with Crippen LogP contribution >= 0.6 is 0 Å². The van der Waals surface area contributed by atoms with Gasteiger partial charge in [0.05, 0.1) is 18.5 Å². The van der Waals surface area contributed by atoms with Crippen molar-refractivity contribution in [3.05, 3.63) is 47.8 Å². The highest BCUT2D eigenvalue weighted by molar-refractivity contribution is 5.94. The molecule has 0 aliphatic rings. The number of carbonyl (C=O) groups is 1. The molecule has 0 fully saturated rings. The molecule has 0 atom stereocenters. The molecule has 1 N–H and O–H groups in total. The van der Waals surface area contributed by atoms with Gasteiger partial charge in [-0.25, -0.2) is 9.50 Å². The van der Waals surface area contributed by atoms with Gasteiger partial charge in [0.1, 0.15) is 11.4 Å². The number of rotatable bonds is 6. The van der Waals surface area contributed by atoms with Gasteiger partial charge in [-0.1, -0.05) is 34.6 Å². The lowest BCUT2D eigenvalue weighted by molar-refractivity contribution is 0.0944. The fourth-order valence-corrected chi connectivity index (χ4v) is 2.98. The highest BCUT2D eigenvalue weighted by Crippen LogP contribution is 2.26. The number of fused-ring (bicyclic) bond motifs is 1. The molecule has 2 heterocycles. The summed E-state index contributed by atoms with van der Waals surface area (Å²) in [5.41, 5.74) is 3.56. The molecule has 2 aromatic heterocycles. The van der Waals surface area contributed by atoms with Crippen LogP contribution in [0, 0.1) is 5.92 Å². The molecule has 0 radical (unpaired) electrons. The zero-order valence-electron chi connectivity index (χ0n) is 18.1. The van der Waals surface area contributed by atoms with E-state index in [9.17, 15) is 4.79 Å². The summed E-state index contributed by atoms with van der Waals surface area (Å²) in [5.74, 6) is 1.16. The minimum Gasteiger partial charge on any atom is -0.497 e. The van der Waals surface area contributed by atoms with Crippen LogP contribution in [0.25, 0.3) is 16.9 Å². The highest BCUT2D eigenvalue weighted by atomic mass is 16.5. The predicted octanol–water partition coefficient (Wildman–Crippen LogP) is 4.48. The SMILES string of the molecule is COc1ccc(-c2cc(C(=O)NCCC(C)C)n3nc(C(C)(C)C)cc3n2)cc1. The maximum atomic E-state index is 13.0. The first kappa shape index (κ1) is 20.8. The first-order valence-corrected chi connectivity index (χ1v) is 10.0. The number of hydrogen-bond acceptors (Lipinski definition) is 4. The average molecular weight is 395 g/mol. The van der Waals surface area contributed by atoms with Crippen LogP contribution in [-0.2, 0) is 5.41 Å². The standard InChI is InChI=1S/C23H30N4O2/c1-15(2)11-12-24-22(28)19-13-18(16-7-9-17(29-6)10-8-16)25-21-14-20(23(3,4)5)26-27(19)21/h7-10,13-15H,11-12H2,1-6H3,(H,24,28). The molecule has 0 aliphatic heterocycles. The van der Waals surface area contributed by atoms with Crippen LogP contribution in [0.15, 0.2) is 36.4 Å². The van der Waals surface area contributed by atoms with Crippen molar-refractivity contribution in [2.45, 2.75) is 46.5 Å². The van der Waals surface area contributed by atoms with Gasteiger partial charge >= 0.3 is 0 Å². The van der Waals surface area contributed by atoms with Gasteiger partial charge in [-0.3, -0.25) is 4.79 Å². The molecular formula is C23H30N4O2. The number of methoxy groups -OCH3 is 1. The third-order valence-electron chi connectivity index (χ3n) is 4.82. The van der Waals surface area contributed by atoms with E-state index in [-0.39, 0.29) is 11.3 Å². The van der Waals surface area contributed by atoms with E-state index in [0.717, 1.165) is 29.1 Å². The Bertz CT molecular complexity index is 998. The average Bonchev–Trinajstić information content (AvgIpc) is 3.11. The Morgan fingerprint density at radius 1 is 1.17 bits per heavy atom. The first-order chi connectivity index (χ1) is 13.7. The van der Waals surface area contributed by atoms with Crippen molar-refractivity contribution in [1.29, 1.82) is 0 Å². The summed E-state index contributed by atoms with van der Waals surface area (Å²) >= 11 is 0. The van der Waals surface area contributed by atoms with E-state index in [1.54, 1.807) is 17.7 Å². The maximum absolute atomic E-state index is 13.0. The Labute approximate surface area is 172 Å². The van der Waals surface area contributed by atoms with Crippen LogP contribution in [0.5, 0.6) is 5.75 Å². The quantitative estimate of drug-likeness (QED) is 0.669. The molecule has 0 spiro atoms. The number of nitrogens with zero attached hydrogens (tertiary/aromatic N) is 3. The fraction of sp³-hybridized carbons (Fsp3) is 0.435. The molecule has 3 rings (SSSR count). The number of aromatic nitrogens is 3. The monoisotopic (exact) mass is 394 g/mol. The van der Waals surface area contributed by atoms with E-state index in [4.69, 9.17) is 9.72 Å². The second-order valence-electron chi connectivity index (χ2n) is 8.74. The highest BCUT2D eigenvalue weighted by Gasteiger charge is 2.22. The van der Waals surface area contributed by atoms with Crippen LogP contribution < -0.4 is 10.1 Å². The molecule has 0 saturated carbocycles. The summed E-state index contributed by atoms with van der Waals surface area (Å²) in [6.45, 7) is 11.2. The maximum Gasteiger partial charge on any atom is 0.270 e. The molecule has 0 aliphatic carbocycles. The number of benzene rings is 1. The minimum absolute atomic E-state index is 0.140. The molecular weight excluding hydrogens is 364 g/mol. The topological polar surface area (TPSA) is 68.5 Å². The Balaban J connectivity index is 2.07. The van der Waals surface area contributed by atoms with E-state index in [1.165, 1.54) is 0 Å². The third kappa shape index (κ3) is 4.75. The summed E-state index contributed by atoms with van der Waals surface area (Å²) in [4.78, 5) is 17.7. The van der Waals surface area contributed by atoms with Crippen molar-refractivity contribution < 1.29 is 9.53 Å². The molecule has 154 valence electrons. The van der Waals surface area contributed by atoms with Gasteiger partial charge in [0.2, 0.25) is 0 Å². The summed E-state index contributed by atoms with van der Waals surface area (Å²) in [7, 11) is 1.64. The molecule has 0 bridgehead atoms. The molecule has 1 aromatic carbocycles. The Kier molecular flexibility index (Phi) is 5.91. The second-order valence-corrected chi connectivity index (χ2v) is 8.74. The van der Waals surface area contributed by atoms with Gasteiger partial charge in [-0.05, 0) is 42.7 Å². The summed E-state index contributed by atoms with van der Waals surface area (Å²) in [6.07, 6.45) is 0.928. The van der Waals surface area contributed by atoms with E-state index >= 15 is 0 Å². The number of carbonyl (C=O) groups excluding carboxylic acids is 1. The number of ether oxygens (including phenoxy) is 1. The molecule has 29 heavy (non-hydrogen) atoms. The summed E-state index contributed by atoms with van der Waals surface area (Å²) in [6, 6.07) is 11.4. The van der Waals surface area contributed by atoms with E-state index in [1.807, 2.05) is 30.3 Å². The van der Waals surface area contributed by atoms with Gasteiger partial charge in [0.15, 0.2) is 5.65 Å². The Hall–Kier alpha value is -2.89. The molecule has 0 saturated heterocycles. The lowest BCUT2D eigenvalue weighted by Crippen LogP contribution is -2.28. The second kappa shape index (κ2) is 8.23. The van der Waals surface area contributed by atoms with E-state index in [0.29, 0.717) is 23.8 Å². The number of nitrogens with one attached hydrogen (secondary N) is 1. The Morgan fingerprint density at radius 3 is 2.45 bits per heavy atom. The van der Waals surface area contributed by atoms with Gasteiger partial charge in [-0.2, -0.15) is 5.10 Å². The lowest BCUT2D eigenvalue weighted by atomic mass is 9.93. The number of hydrogen-bond donors (Lipinski definition) is 1. The first-order valence-electron chi connectivity index (χ1n) is 10.0. The van der Waals surface area contributed by atoms with E-state index < -0.39 is 0 Å². The van der Waals surface area contributed by atoms with Crippen molar-refractivity contribution >= 4 is 11.6 Å². The predicted molar refractivity (Wildman–Crippen MR) is 115 cm³/mol. The van der Waals surface area contributed by atoms with Crippen molar-refractivity contribution in [2.75, 3.05) is 13.7 Å². The minimum atomic E-state index is -0.142. The fourth-order valence-electron chi connectivity index (χ4n) is 2.98.